The third kappa shape index (κ3) is 5.25. The SMILES string of the molecule is O=C(CN1CCN(C(=O)c2cccs2)CC1)N1CCC(Cc2ccccc2)CC1. The molecule has 0 saturated carbocycles. The van der Waals surface area contributed by atoms with Crippen molar-refractivity contribution in [2.75, 3.05) is 45.8 Å². The molecule has 1 aromatic carbocycles. The summed E-state index contributed by atoms with van der Waals surface area (Å²) in [5.74, 6) is 1.03. The molecule has 0 N–H and O–H groups in total. The van der Waals surface area contributed by atoms with Crippen LogP contribution in [0, 0.1) is 5.92 Å². The number of amides is 2. The number of piperazine rings is 1. The molecule has 0 atom stereocenters. The second-order valence-corrected chi connectivity index (χ2v) is 9.01. The van der Waals surface area contributed by atoms with Gasteiger partial charge in [0.05, 0.1) is 11.4 Å². The maximum atomic E-state index is 12.7. The van der Waals surface area contributed by atoms with Crippen molar-refractivity contribution < 1.29 is 9.59 Å². The molecule has 2 aromatic rings. The van der Waals surface area contributed by atoms with Gasteiger partial charge in [0, 0.05) is 39.3 Å². The minimum absolute atomic E-state index is 0.117. The Hall–Kier alpha value is -2.18. The molecule has 4 rings (SSSR count). The molecule has 2 amide bonds. The quantitative estimate of drug-likeness (QED) is 0.760. The van der Waals surface area contributed by atoms with Gasteiger partial charge in [-0.15, -0.1) is 11.3 Å². The van der Waals surface area contributed by atoms with Crippen molar-refractivity contribution in [1.29, 1.82) is 0 Å². The van der Waals surface area contributed by atoms with Gasteiger partial charge < -0.3 is 9.80 Å². The maximum absolute atomic E-state index is 12.7. The third-order valence-corrected chi connectivity index (χ3v) is 6.94. The van der Waals surface area contributed by atoms with Gasteiger partial charge in [-0.05, 0) is 42.2 Å². The highest BCUT2D eigenvalue weighted by Crippen LogP contribution is 2.22. The molecule has 2 saturated heterocycles. The highest BCUT2D eigenvalue weighted by molar-refractivity contribution is 7.12. The van der Waals surface area contributed by atoms with E-state index in [1.165, 1.54) is 16.9 Å². The van der Waals surface area contributed by atoms with Gasteiger partial charge in [0.15, 0.2) is 0 Å². The number of rotatable bonds is 5. The Bertz CT molecular complexity index is 793. The molecule has 154 valence electrons. The number of nitrogens with zero attached hydrogens (tertiary/aromatic N) is 3. The molecule has 1 aromatic heterocycles. The summed E-state index contributed by atoms with van der Waals surface area (Å²) >= 11 is 1.49. The fourth-order valence-electron chi connectivity index (χ4n) is 4.29. The van der Waals surface area contributed by atoms with Crippen LogP contribution in [0.25, 0.3) is 0 Å². The number of benzene rings is 1. The van der Waals surface area contributed by atoms with Crippen molar-refractivity contribution in [2.45, 2.75) is 19.3 Å². The Labute approximate surface area is 176 Å². The number of piperidine rings is 1. The normalized spacial score (nSPS) is 18.8. The lowest BCUT2D eigenvalue weighted by Gasteiger charge is -2.37. The number of likely N-dealkylation sites (tertiary alicyclic amines) is 1. The summed E-state index contributed by atoms with van der Waals surface area (Å²) in [6.07, 6.45) is 3.29. The minimum atomic E-state index is 0.117. The van der Waals surface area contributed by atoms with Gasteiger partial charge in [0.1, 0.15) is 0 Å². The fourth-order valence-corrected chi connectivity index (χ4v) is 4.98. The molecule has 0 radical (unpaired) electrons. The topological polar surface area (TPSA) is 43.9 Å². The van der Waals surface area contributed by atoms with E-state index in [9.17, 15) is 9.59 Å². The van der Waals surface area contributed by atoms with E-state index >= 15 is 0 Å². The molecular weight excluding hydrogens is 382 g/mol. The van der Waals surface area contributed by atoms with E-state index in [1.807, 2.05) is 27.3 Å². The first-order chi connectivity index (χ1) is 14.2. The maximum Gasteiger partial charge on any atom is 0.264 e. The van der Waals surface area contributed by atoms with Crippen LogP contribution in [-0.4, -0.2) is 72.3 Å². The fraction of sp³-hybridized carbons (Fsp3) is 0.478. The van der Waals surface area contributed by atoms with Crippen LogP contribution in [0.1, 0.15) is 28.1 Å². The summed E-state index contributed by atoms with van der Waals surface area (Å²) in [5.41, 5.74) is 1.40. The highest BCUT2D eigenvalue weighted by atomic mass is 32.1. The van der Waals surface area contributed by atoms with E-state index in [0.29, 0.717) is 25.6 Å². The van der Waals surface area contributed by atoms with Crippen molar-refractivity contribution in [3.05, 3.63) is 58.3 Å². The lowest BCUT2D eigenvalue weighted by molar-refractivity contribution is -0.134. The van der Waals surface area contributed by atoms with Crippen molar-refractivity contribution in [3.63, 3.8) is 0 Å². The molecule has 5 nitrogen and oxygen atoms in total. The van der Waals surface area contributed by atoms with Crippen LogP contribution < -0.4 is 0 Å². The van der Waals surface area contributed by atoms with Gasteiger partial charge in [0.2, 0.25) is 5.91 Å². The lowest BCUT2D eigenvalue weighted by Crippen LogP contribution is -2.52. The number of hydrogen-bond acceptors (Lipinski definition) is 4. The highest BCUT2D eigenvalue weighted by Gasteiger charge is 2.27. The average Bonchev–Trinajstić information content (AvgIpc) is 3.30. The molecule has 6 heteroatoms. The molecule has 0 aliphatic carbocycles. The molecule has 2 fully saturated rings. The number of thiophene rings is 1. The Kier molecular flexibility index (Phi) is 6.62. The minimum Gasteiger partial charge on any atom is -0.342 e. The van der Waals surface area contributed by atoms with E-state index < -0.39 is 0 Å². The summed E-state index contributed by atoms with van der Waals surface area (Å²) < 4.78 is 0. The van der Waals surface area contributed by atoms with Crippen LogP contribution in [-0.2, 0) is 11.2 Å². The molecule has 3 heterocycles. The number of carbonyl (C=O) groups is 2. The van der Waals surface area contributed by atoms with Crippen LogP contribution in [0.2, 0.25) is 0 Å². The first-order valence-corrected chi connectivity index (χ1v) is 11.4. The second-order valence-electron chi connectivity index (χ2n) is 8.06. The van der Waals surface area contributed by atoms with Crippen LogP contribution in [0.4, 0.5) is 0 Å². The van der Waals surface area contributed by atoms with E-state index in [1.54, 1.807) is 0 Å². The van der Waals surface area contributed by atoms with Crippen LogP contribution in [0.15, 0.2) is 47.8 Å². The first-order valence-electron chi connectivity index (χ1n) is 10.6. The van der Waals surface area contributed by atoms with Crippen molar-refractivity contribution in [1.82, 2.24) is 14.7 Å². The van der Waals surface area contributed by atoms with Gasteiger partial charge >= 0.3 is 0 Å². The molecular formula is C23H29N3O2S. The summed E-state index contributed by atoms with van der Waals surface area (Å²) in [5, 5.41) is 1.94. The van der Waals surface area contributed by atoms with E-state index in [-0.39, 0.29) is 11.8 Å². The molecule has 2 aliphatic heterocycles. The Balaban J connectivity index is 1.18. The predicted molar refractivity (Wildman–Crippen MR) is 116 cm³/mol. The Morgan fingerprint density at radius 1 is 0.862 bits per heavy atom. The summed E-state index contributed by atoms with van der Waals surface area (Å²) in [7, 11) is 0. The van der Waals surface area contributed by atoms with Crippen molar-refractivity contribution in [3.8, 4) is 0 Å². The van der Waals surface area contributed by atoms with Gasteiger partial charge in [-0.3, -0.25) is 14.5 Å². The average molecular weight is 412 g/mol. The molecule has 0 bridgehead atoms. The van der Waals surface area contributed by atoms with E-state index in [4.69, 9.17) is 0 Å². The van der Waals surface area contributed by atoms with Gasteiger partial charge in [0.25, 0.3) is 5.91 Å². The van der Waals surface area contributed by atoms with Crippen molar-refractivity contribution >= 4 is 23.2 Å². The van der Waals surface area contributed by atoms with Crippen LogP contribution >= 0.6 is 11.3 Å². The van der Waals surface area contributed by atoms with E-state index in [2.05, 4.69) is 35.2 Å². The molecule has 2 aliphatic rings. The lowest BCUT2D eigenvalue weighted by atomic mass is 9.90. The summed E-state index contributed by atoms with van der Waals surface area (Å²) in [4.78, 5) is 32.1. The standard InChI is InChI=1S/C23H29N3O2S/c27-22(25-10-8-20(9-11-25)17-19-5-2-1-3-6-19)18-24-12-14-26(15-13-24)23(28)21-7-4-16-29-21/h1-7,16,20H,8-15,17-18H2. The molecule has 0 unspecified atom stereocenters. The van der Waals surface area contributed by atoms with Crippen LogP contribution in [0.5, 0.6) is 0 Å². The number of carbonyl (C=O) groups excluding carboxylic acids is 2. The van der Waals surface area contributed by atoms with Crippen LogP contribution in [0.3, 0.4) is 0 Å². The molecule has 0 spiro atoms. The van der Waals surface area contributed by atoms with Gasteiger partial charge in [-0.2, -0.15) is 0 Å². The Morgan fingerprint density at radius 3 is 2.24 bits per heavy atom. The molecule has 29 heavy (non-hydrogen) atoms. The third-order valence-electron chi connectivity index (χ3n) is 6.08. The van der Waals surface area contributed by atoms with Gasteiger partial charge in [-0.25, -0.2) is 0 Å². The summed E-state index contributed by atoms with van der Waals surface area (Å²) in [6, 6.07) is 14.4. The number of hydrogen-bond donors (Lipinski definition) is 0. The van der Waals surface area contributed by atoms with Gasteiger partial charge in [-0.1, -0.05) is 36.4 Å². The van der Waals surface area contributed by atoms with E-state index in [0.717, 1.165) is 50.3 Å². The monoisotopic (exact) mass is 411 g/mol. The zero-order valence-electron chi connectivity index (χ0n) is 16.8. The summed E-state index contributed by atoms with van der Waals surface area (Å²) in [6.45, 7) is 5.15. The first kappa shape index (κ1) is 20.1. The predicted octanol–water partition coefficient (Wildman–Crippen LogP) is 2.99. The smallest absolute Gasteiger partial charge is 0.264 e. The largest absolute Gasteiger partial charge is 0.342 e. The zero-order valence-corrected chi connectivity index (χ0v) is 17.7. The second kappa shape index (κ2) is 9.55. The van der Waals surface area contributed by atoms with Crippen molar-refractivity contribution in [2.24, 2.45) is 5.92 Å². The Morgan fingerprint density at radius 2 is 1.59 bits per heavy atom. The zero-order chi connectivity index (χ0) is 20.1.